The molecule has 0 aliphatic carbocycles. The lowest BCUT2D eigenvalue weighted by Gasteiger charge is -2.22. The average Bonchev–Trinajstić information content (AvgIpc) is 3.28. The number of aromatic nitrogens is 2. The summed E-state index contributed by atoms with van der Waals surface area (Å²) in [5.74, 6) is -0.370. The van der Waals surface area contributed by atoms with E-state index in [4.69, 9.17) is 0 Å². The minimum atomic E-state index is -0.282. The Balaban J connectivity index is 1.79. The normalized spacial score (nSPS) is 10.9. The fourth-order valence-corrected chi connectivity index (χ4v) is 4.80. The van der Waals surface area contributed by atoms with Gasteiger partial charge in [-0.2, -0.15) is 0 Å². The van der Waals surface area contributed by atoms with Gasteiger partial charge >= 0.3 is 5.69 Å². The van der Waals surface area contributed by atoms with Crippen molar-refractivity contribution < 1.29 is 9.59 Å². The van der Waals surface area contributed by atoms with E-state index in [2.05, 4.69) is 10.6 Å². The van der Waals surface area contributed by atoms with E-state index in [1.165, 1.54) is 0 Å². The summed E-state index contributed by atoms with van der Waals surface area (Å²) in [6.07, 6.45) is 0.480. The number of rotatable bonds is 12. The van der Waals surface area contributed by atoms with Crippen LogP contribution in [0.1, 0.15) is 39.8 Å². The van der Waals surface area contributed by atoms with Gasteiger partial charge in [0.25, 0.3) is 11.8 Å². The summed E-state index contributed by atoms with van der Waals surface area (Å²) in [6, 6.07) is 26.3. The Labute approximate surface area is 235 Å². The van der Waals surface area contributed by atoms with Crippen molar-refractivity contribution in [1.29, 1.82) is 0 Å². The maximum absolute atomic E-state index is 14.2. The number of imidazole rings is 1. The van der Waals surface area contributed by atoms with Crippen LogP contribution in [0, 0.1) is 6.92 Å². The maximum atomic E-state index is 14.2. The summed E-state index contributed by atoms with van der Waals surface area (Å²) in [4.78, 5) is 42.6. The number of para-hydroxylation sites is 1. The van der Waals surface area contributed by atoms with Crippen LogP contribution in [0.25, 0.3) is 16.9 Å². The van der Waals surface area contributed by atoms with Crippen LogP contribution >= 0.6 is 0 Å². The molecular weight excluding hydrogens is 502 g/mol. The fraction of sp³-hybridized carbons (Fsp3) is 0.281. The van der Waals surface area contributed by atoms with Crippen molar-refractivity contribution in [2.45, 2.75) is 26.8 Å². The molecule has 40 heavy (non-hydrogen) atoms. The molecule has 2 N–H and O–H groups in total. The van der Waals surface area contributed by atoms with Crippen LogP contribution in [-0.2, 0) is 6.54 Å². The van der Waals surface area contributed by atoms with Crippen molar-refractivity contribution in [2.24, 2.45) is 0 Å². The summed E-state index contributed by atoms with van der Waals surface area (Å²) in [5, 5.41) is 6.04. The van der Waals surface area contributed by atoms with Crippen LogP contribution in [0.15, 0.2) is 89.7 Å². The number of likely N-dealkylation sites (N-methyl/N-ethyl adjacent to an activating group) is 2. The molecule has 8 nitrogen and oxygen atoms in total. The molecule has 2 amide bonds. The van der Waals surface area contributed by atoms with E-state index in [1.54, 1.807) is 26.2 Å². The zero-order valence-electron chi connectivity index (χ0n) is 23.4. The average molecular weight is 540 g/mol. The lowest BCUT2D eigenvalue weighted by atomic mass is 10.1. The quantitative estimate of drug-likeness (QED) is 0.265. The molecule has 0 atom stereocenters. The van der Waals surface area contributed by atoms with E-state index in [0.29, 0.717) is 49.6 Å². The lowest BCUT2D eigenvalue weighted by molar-refractivity contribution is 0.0755. The molecule has 0 radical (unpaired) electrons. The van der Waals surface area contributed by atoms with Gasteiger partial charge in [-0.25, -0.2) is 4.79 Å². The van der Waals surface area contributed by atoms with Gasteiger partial charge in [-0.05, 0) is 51.1 Å². The van der Waals surface area contributed by atoms with Crippen molar-refractivity contribution >= 4 is 11.8 Å². The van der Waals surface area contributed by atoms with Gasteiger partial charge in [0.15, 0.2) is 0 Å². The minimum absolute atomic E-state index is 0.170. The Bertz CT molecular complexity index is 1490. The molecule has 208 valence electrons. The summed E-state index contributed by atoms with van der Waals surface area (Å²) in [7, 11) is 1.85. The number of hydrogen-bond acceptors (Lipinski definition) is 4. The molecule has 0 bridgehead atoms. The molecule has 4 rings (SSSR count). The second-order valence-electron chi connectivity index (χ2n) is 9.58. The predicted octanol–water partition coefficient (Wildman–Crippen LogP) is 4.12. The molecule has 0 saturated heterocycles. The number of carbonyl (C=O) groups is 2. The highest BCUT2D eigenvalue weighted by Crippen LogP contribution is 2.28. The van der Waals surface area contributed by atoms with Crippen molar-refractivity contribution in [3.8, 4) is 16.9 Å². The fourth-order valence-electron chi connectivity index (χ4n) is 4.80. The first-order valence-corrected chi connectivity index (χ1v) is 13.7. The third-order valence-electron chi connectivity index (χ3n) is 6.93. The number of nitrogens with zero attached hydrogens (tertiary/aromatic N) is 3. The van der Waals surface area contributed by atoms with E-state index in [0.717, 1.165) is 16.8 Å². The molecule has 1 heterocycles. The van der Waals surface area contributed by atoms with Crippen molar-refractivity contribution in [2.75, 3.05) is 33.2 Å². The standard InChI is InChI=1S/C32H37N5O3/c1-4-35(23-21-33-3)31(39)29-28(25-15-7-5-8-16-25)37(27-19-12-11-14-24(27)2)32(40)36(29)22-13-20-34-30(38)26-17-9-6-10-18-26/h5-12,14-19,33H,4,13,20-23H2,1-3H3,(H,34,38). The molecule has 0 unspecified atom stereocenters. The van der Waals surface area contributed by atoms with E-state index in [9.17, 15) is 14.4 Å². The van der Waals surface area contributed by atoms with E-state index in [1.807, 2.05) is 93.7 Å². The summed E-state index contributed by atoms with van der Waals surface area (Å²) >= 11 is 0. The van der Waals surface area contributed by atoms with Gasteiger partial charge in [-0.15, -0.1) is 0 Å². The maximum Gasteiger partial charge on any atom is 0.333 e. The van der Waals surface area contributed by atoms with E-state index >= 15 is 0 Å². The van der Waals surface area contributed by atoms with Gasteiger partial charge in [-0.1, -0.05) is 66.7 Å². The topological polar surface area (TPSA) is 88.4 Å². The smallest absolute Gasteiger partial charge is 0.333 e. The van der Waals surface area contributed by atoms with Crippen LogP contribution in [0.5, 0.6) is 0 Å². The zero-order chi connectivity index (χ0) is 28.5. The first kappa shape index (κ1) is 28.6. The first-order valence-electron chi connectivity index (χ1n) is 13.7. The minimum Gasteiger partial charge on any atom is -0.352 e. The third kappa shape index (κ3) is 6.24. The van der Waals surface area contributed by atoms with Crippen LogP contribution in [0.4, 0.5) is 0 Å². The van der Waals surface area contributed by atoms with Crippen LogP contribution in [0.3, 0.4) is 0 Å². The summed E-state index contributed by atoms with van der Waals surface area (Å²) in [6.45, 7) is 6.19. The van der Waals surface area contributed by atoms with Gasteiger partial charge in [0.1, 0.15) is 5.69 Å². The van der Waals surface area contributed by atoms with Gasteiger partial charge < -0.3 is 15.5 Å². The number of nitrogens with one attached hydrogen (secondary N) is 2. The molecular formula is C32H37N5O3. The largest absolute Gasteiger partial charge is 0.352 e. The first-order chi connectivity index (χ1) is 19.5. The van der Waals surface area contributed by atoms with Crippen molar-refractivity contribution in [1.82, 2.24) is 24.7 Å². The van der Waals surface area contributed by atoms with Crippen molar-refractivity contribution in [3.63, 3.8) is 0 Å². The molecule has 1 aromatic heterocycles. The van der Waals surface area contributed by atoms with Crippen LogP contribution < -0.4 is 16.3 Å². The van der Waals surface area contributed by atoms with Gasteiger partial charge in [0, 0.05) is 43.9 Å². The van der Waals surface area contributed by atoms with Gasteiger partial charge in [0.05, 0.1) is 11.4 Å². The number of hydrogen-bond donors (Lipinski definition) is 2. The number of amides is 2. The Morgan fingerprint density at radius 1 is 0.875 bits per heavy atom. The second-order valence-corrected chi connectivity index (χ2v) is 9.58. The van der Waals surface area contributed by atoms with E-state index in [-0.39, 0.29) is 24.0 Å². The third-order valence-corrected chi connectivity index (χ3v) is 6.93. The highest BCUT2D eigenvalue weighted by Gasteiger charge is 2.30. The van der Waals surface area contributed by atoms with Crippen LogP contribution in [-0.4, -0.2) is 59.1 Å². The Morgan fingerprint density at radius 3 is 2.17 bits per heavy atom. The highest BCUT2D eigenvalue weighted by molar-refractivity contribution is 5.99. The van der Waals surface area contributed by atoms with Crippen LogP contribution in [0.2, 0.25) is 0 Å². The predicted molar refractivity (Wildman–Crippen MR) is 159 cm³/mol. The Hall–Kier alpha value is -4.43. The monoisotopic (exact) mass is 539 g/mol. The number of benzene rings is 3. The second kappa shape index (κ2) is 13.6. The SMILES string of the molecule is CCN(CCNC)C(=O)c1c(-c2ccccc2)n(-c2ccccc2C)c(=O)n1CCCNC(=O)c1ccccc1. The molecule has 0 spiro atoms. The zero-order valence-corrected chi connectivity index (χ0v) is 23.4. The molecule has 3 aromatic carbocycles. The molecule has 0 aliphatic heterocycles. The summed E-state index contributed by atoms with van der Waals surface area (Å²) < 4.78 is 3.24. The van der Waals surface area contributed by atoms with E-state index < -0.39 is 0 Å². The number of aryl methyl sites for hydroxylation is 1. The highest BCUT2D eigenvalue weighted by atomic mass is 16.2. The Morgan fingerprint density at radius 2 is 1.52 bits per heavy atom. The van der Waals surface area contributed by atoms with Gasteiger partial charge in [0.2, 0.25) is 0 Å². The van der Waals surface area contributed by atoms with Gasteiger partial charge in [-0.3, -0.25) is 18.7 Å². The Kier molecular flexibility index (Phi) is 9.70. The molecule has 4 aromatic rings. The number of carbonyl (C=O) groups excluding carboxylic acids is 2. The molecule has 0 fully saturated rings. The molecule has 0 aliphatic rings. The molecule has 0 saturated carbocycles. The lowest BCUT2D eigenvalue weighted by Crippen LogP contribution is -2.38. The summed E-state index contributed by atoms with van der Waals surface area (Å²) in [5.41, 5.74) is 3.66. The van der Waals surface area contributed by atoms with Crippen molar-refractivity contribution in [3.05, 3.63) is 112 Å². The molecule has 8 heteroatoms.